The lowest BCUT2D eigenvalue weighted by Crippen LogP contribution is -2.44. The van der Waals surface area contributed by atoms with Crippen molar-refractivity contribution in [2.45, 2.75) is 26.3 Å². The number of hydrogen-bond donors (Lipinski definition) is 1. The number of hydrazine groups is 1. The molecular weight excluding hydrogens is 214 g/mol. The predicted molar refractivity (Wildman–Crippen MR) is 68.5 cm³/mol. The van der Waals surface area contributed by atoms with Gasteiger partial charge in [0, 0.05) is 6.54 Å². The third kappa shape index (κ3) is 2.26. The van der Waals surface area contributed by atoms with Gasteiger partial charge in [0.1, 0.15) is 0 Å². The summed E-state index contributed by atoms with van der Waals surface area (Å²) in [6.45, 7) is 5.19. The van der Waals surface area contributed by atoms with Gasteiger partial charge >= 0.3 is 0 Å². The Labute approximate surface area is 102 Å². The number of amides is 1. The molecule has 1 aliphatic rings. The number of aryl methyl sites for hydroxylation is 1. The van der Waals surface area contributed by atoms with Crippen molar-refractivity contribution in [2.75, 3.05) is 18.1 Å². The molecule has 17 heavy (non-hydrogen) atoms. The van der Waals surface area contributed by atoms with E-state index in [1.165, 1.54) is 5.56 Å². The fraction of sp³-hybridized carbons (Fsp3) is 0.462. The van der Waals surface area contributed by atoms with Gasteiger partial charge in [-0.25, -0.2) is 0 Å². The van der Waals surface area contributed by atoms with Crippen LogP contribution in [-0.2, 0) is 4.79 Å². The van der Waals surface area contributed by atoms with Gasteiger partial charge in [-0.05, 0) is 26.0 Å². The molecule has 0 saturated carbocycles. The molecule has 1 amide bonds. The number of benzene rings is 1. The van der Waals surface area contributed by atoms with Crippen molar-refractivity contribution < 1.29 is 4.79 Å². The highest BCUT2D eigenvalue weighted by molar-refractivity contribution is 5.82. The Bertz CT molecular complexity index is 402. The van der Waals surface area contributed by atoms with Gasteiger partial charge in [-0.3, -0.25) is 14.8 Å². The molecule has 0 aromatic heterocycles. The summed E-state index contributed by atoms with van der Waals surface area (Å²) in [6, 6.07) is 8.43. The Morgan fingerprint density at radius 1 is 1.35 bits per heavy atom. The van der Waals surface area contributed by atoms with Gasteiger partial charge in [-0.2, -0.15) is 0 Å². The SMILES string of the molecule is Cc1ccc(N2C(C)CC(=O)N2CCN)cc1. The van der Waals surface area contributed by atoms with Crippen LogP contribution in [0.15, 0.2) is 24.3 Å². The van der Waals surface area contributed by atoms with E-state index in [9.17, 15) is 4.79 Å². The van der Waals surface area contributed by atoms with Gasteiger partial charge in [0.25, 0.3) is 0 Å². The topological polar surface area (TPSA) is 49.6 Å². The van der Waals surface area contributed by atoms with Crippen LogP contribution in [-0.4, -0.2) is 30.0 Å². The van der Waals surface area contributed by atoms with E-state index in [0.29, 0.717) is 19.5 Å². The highest BCUT2D eigenvalue weighted by Crippen LogP contribution is 2.27. The van der Waals surface area contributed by atoms with Crippen molar-refractivity contribution in [3.05, 3.63) is 29.8 Å². The van der Waals surface area contributed by atoms with Crippen LogP contribution >= 0.6 is 0 Å². The fourth-order valence-electron chi connectivity index (χ4n) is 2.25. The molecule has 1 aromatic carbocycles. The second-order valence-corrected chi connectivity index (χ2v) is 4.54. The summed E-state index contributed by atoms with van der Waals surface area (Å²) in [4.78, 5) is 11.9. The summed E-state index contributed by atoms with van der Waals surface area (Å²) < 4.78 is 0. The molecule has 1 atom stereocenters. The lowest BCUT2D eigenvalue weighted by Gasteiger charge is -2.32. The first-order chi connectivity index (χ1) is 8.13. The summed E-state index contributed by atoms with van der Waals surface area (Å²) in [7, 11) is 0. The van der Waals surface area contributed by atoms with Crippen LogP contribution in [0.25, 0.3) is 0 Å². The molecule has 92 valence electrons. The highest BCUT2D eigenvalue weighted by Gasteiger charge is 2.34. The van der Waals surface area contributed by atoms with E-state index >= 15 is 0 Å². The molecule has 0 bridgehead atoms. The summed E-state index contributed by atoms with van der Waals surface area (Å²) in [5, 5.41) is 3.81. The third-order valence-electron chi connectivity index (χ3n) is 3.07. The zero-order valence-corrected chi connectivity index (χ0v) is 10.4. The molecule has 1 unspecified atom stereocenters. The Balaban J connectivity index is 2.28. The zero-order chi connectivity index (χ0) is 12.4. The molecule has 1 heterocycles. The maximum absolute atomic E-state index is 11.9. The van der Waals surface area contributed by atoms with Crippen molar-refractivity contribution in [2.24, 2.45) is 5.73 Å². The average molecular weight is 233 g/mol. The van der Waals surface area contributed by atoms with Crippen LogP contribution in [0, 0.1) is 6.92 Å². The molecule has 1 aliphatic heterocycles. The first-order valence-electron chi connectivity index (χ1n) is 5.99. The maximum Gasteiger partial charge on any atom is 0.243 e. The maximum atomic E-state index is 11.9. The van der Waals surface area contributed by atoms with Gasteiger partial charge in [-0.15, -0.1) is 0 Å². The second-order valence-electron chi connectivity index (χ2n) is 4.54. The minimum atomic E-state index is 0.156. The molecule has 1 fully saturated rings. The van der Waals surface area contributed by atoms with E-state index in [4.69, 9.17) is 5.73 Å². The van der Waals surface area contributed by atoms with Gasteiger partial charge in [0.05, 0.1) is 24.7 Å². The number of nitrogens with two attached hydrogens (primary N) is 1. The van der Waals surface area contributed by atoms with Gasteiger partial charge in [0.2, 0.25) is 5.91 Å². The smallest absolute Gasteiger partial charge is 0.243 e. The molecule has 2 N–H and O–H groups in total. The molecule has 4 heteroatoms. The third-order valence-corrected chi connectivity index (χ3v) is 3.07. The van der Waals surface area contributed by atoms with Crippen LogP contribution in [0.5, 0.6) is 0 Å². The molecule has 1 aromatic rings. The number of nitrogens with zero attached hydrogens (tertiary/aromatic N) is 2. The minimum Gasteiger partial charge on any atom is -0.329 e. The lowest BCUT2D eigenvalue weighted by atomic mass is 10.2. The molecule has 0 spiro atoms. The van der Waals surface area contributed by atoms with Gasteiger partial charge in [-0.1, -0.05) is 17.7 Å². The molecule has 1 saturated heterocycles. The van der Waals surface area contributed by atoms with Crippen LogP contribution in [0.4, 0.5) is 5.69 Å². The number of hydrogen-bond acceptors (Lipinski definition) is 3. The van der Waals surface area contributed by atoms with Gasteiger partial charge in [0.15, 0.2) is 0 Å². The number of rotatable bonds is 3. The summed E-state index contributed by atoms with van der Waals surface area (Å²) in [5.74, 6) is 0.156. The zero-order valence-electron chi connectivity index (χ0n) is 10.4. The van der Waals surface area contributed by atoms with E-state index in [2.05, 4.69) is 31.0 Å². The second kappa shape index (κ2) is 4.75. The van der Waals surface area contributed by atoms with Crippen LogP contribution < -0.4 is 10.7 Å². The van der Waals surface area contributed by atoms with E-state index in [1.807, 2.05) is 12.1 Å². The van der Waals surface area contributed by atoms with E-state index < -0.39 is 0 Å². The lowest BCUT2D eigenvalue weighted by molar-refractivity contribution is -0.128. The van der Waals surface area contributed by atoms with Crippen LogP contribution in [0.3, 0.4) is 0 Å². The molecule has 4 nitrogen and oxygen atoms in total. The first kappa shape index (κ1) is 11.9. The average Bonchev–Trinajstić information content (AvgIpc) is 2.56. The van der Waals surface area contributed by atoms with E-state index in [1.54, 1.807) is 5.01 Å². The quantitative estimate of drug-likeness (QED) is 0.856. The normalized spacial score (nSPS) is 20.2. The number of anilines is 1. The van der Waals surface area contributed by atoms with Crippen molar-refractivity contribution in [1.29, 1.82) is 0 Å². The molecule has 0 aliphatic carbocycles. The van der Waals surface area contributed by atoms with Crippen molar-refractivity contribution in [3.8, 4) is 0 Å². The molecule has 2 rings (SSSR count). The summed E-state index contributed by atoms with van der Waals surface area (Å²) in [5.41, 5.74) is 7.84. The highest BCUT2D eigenvalue weighted by atomic mass is 16.2. The van der Waals surface area contributed by atoms with Gasteiger partial charge < -0.3 is 5.73 Å². The van der Waals surface area contributed by atoms with Crippen molar-refractivity contribution in [1.82, 2.24) is 5.01 Å². The Kier molecular flexibility index (Phi) is 3.33. The summed E-state index contributed by atoms with van der Waals surface area (Å²) >= 11 is 0. The minimum absolute atomic E-state index is 0.156. The van der Waals surface area contributed by atoms with Crippen LogP contribution in [0.2, 0.25) is 0 Å². The predicted octanol–water partition coefficient (Wildman–Crippen LogP) is 1.30. The van der Waals surface area contributed by atoms with E-state index in [0.717, 1.165) is 5.69 Å². The van der Waals surface area contributed by atoms with Crippen molar-refractivity contribution in [3.63, 3.8) is 0 Å². The Hall–Kier alpha value is -1.55. The van der Waals surface area contributed by atoms with E-state index in [-0.39, 0.29) is 11.9 Å². The van der Waals surface area contributed by atoms with Crippen molar-refractivity contribution >= 4 is 11.6 Å². The largest absolute Gasteiger partial charge is 0.329 e. The molecular formula is C13H19N3O. The summed E-state index contributed by atoms with van der Waals surface area (Å²) in [6.07, 6.45) is 0.563. The number of carbonyl (C=O) groups excluding carboxylic acids is 1. The Morgan fingerprint density at radius 2 is 2.00 bits per heavy atom. The monoisotopic (exact) mass is 233 g/mol. The van der Waals surface area contributed by atoms with Crippen LogP contribution in [0.1, 0.15) is 18.9 Å². The fourth-order valence-corrected chi connectivity index (χ4v) is 2.25. The number of carbonyl (C=O) groups is 1. The standard InChI is InChI=1S/C13H19N3O/c1-10-3-5-12(6-4-10)16-11(2)9-13(17)15(16)8-7-14/h3-6,11H,7-9,14H2,1-2H3. The Morgan fingerprint density at radius 3 is 2.59 bits per heavy atom. The first-order valence-corrected chi connectivity index (χ1v) is 5.99. The molecule has 0 radical (unpaired) electrons.